The predicted octanol–water partition coefficient (Wildman–Crippen LogP) is 4.02. The average Bonchev–Trinajstić information content (AvgIpc) is 3.54. The van der Waals surface area contributed by atoms with Gasteiger partial charge >= 0.3 is 0 Å². The summed E-state index contributed by atoms with van der Waals surface area (Å²) in [6.45, 7) is 5.19. The van der Waals surface area contributed by atoms with Crippen LogP contribution in [0.1, 0.15) is 55.7 Å². The Morgan fingerprint density at radius 3 is 2.55 bits per heavy atom. The van der Waals surface area contributed by atoms with E-state index in [1.165, 1.54) is 19.5 Å². The van der Waals surface area contributed by atoms with Gasteiger partial charge in [-0.1, -0.05) is 29.7 Å². The van der Waals surface area contributed by atoms with Crippen LogP contribution in [0.25, 0.3) is 11.5 Å². The molecule has 0 aromatic carbocycles. The number of methoxy groups -OCH3 is 1. The van der Waals surface area contributed by atoms with E-state index in [1.54, 1.807) is 42.9 Å². The first-order chi connectivity index (χ1) is 18.2. The summed E-state index contributed by atoms with van der Waals surface area (Å²) in [6, 6.07) is 4.97. The standard InChI is InChI=1S/C24H27ClN8O4S/c1-13(22-26-10-17(25)11-27-22)15(3)38(34,35)32-24-30-29-23(19-6-5-7-20(28-19)36-4)33(24)21(16-8-9-16)18-12-37-31-14(18)2/h5-7,10-13,15-16,21H,8-9H2,1-4H3,(H,30,32)/t13-,15-,21-/m0/s1. The quantitative estimate of drug-likeness (QED) is 0.302. The monoisotopic (exact) mass is 558 g/mol. The predicted molar refractivity (Wildman–Crippen MR) is 139 cm³/mol. The molecule has 1 saturated carbocycles. The van der Waals surface area contributed by atoms with Crippen LogP contribution in [-0.4, -0.2) is 55.7 Å². The van der Waals surface area contributed by atoms with E-state index in [2.05, 4.69) is 35.0 Å². The molecule has 200 valence electrons. The van der Waals surface area contributed by atoms with E-state index in [9.17, 15) is 8.42 Å². The summed E-state index contributed by atoms with van der Waals surface area (Å²) in [7, 11) is -2.44. The molecule has 1 fully saturated rings. The Morgan fingerprint density at radius 1 is 1.18 bits per heavy atom. The molecule has 4 heterocycles. The molecule has 0 bridgehead atoms. The number of sulfonamides is 1. The molecular formula is C24H27ClN8O4S. The summed E-state index contributed by atoms with van der Waals surface area (Å²) in [4.78, 5) is 12.9. The van der Waals surface area contributed by atoms with Crippen LogP contribution in [0.2, 0.25) is 5.02 Å². The van der Waals surface area contributed by atoms with Crippen molar-refractivity contribution in [1.29, 1.82) is 0 Å². The van der Waals surface area contributed by atoms with Gasteiger partial charge in [0.25, 0.3) is 0 Å². The number of pyridine rings is 1. The van der Waals surface area contributed by atoms with E-state index < -0.39 is 21.2 Å². The number of rotatable bonds is 10. The Hall–Kier alpha value is -3.58. The Morgan fingerprint density at radius 2 is 1.92 bits per heavy atom. The van der Waals surface area contributed by atoms with E-state index in [0.717, 1.165) is 18.4 Å². The molecule has 38 heavy (non-hydrogen) atoms. The third-order valence-electron chi connectivity index (χ3n) is 6.78. The third kappa shape index (κ3) is 5.07. The topological polar surface area (TPSA) is 151 Å². The van der Waals surface area contributed by atoms with Gasteiger partial charge in [0.15, 0.2) is 5.82 Å². The van der Waals surface area contributed by atoms with E-state index in [4.69, 9.17) is 20.9 Å². The van der Waals surface area contributed by atoms with Crippen molar-refractivity contribution in [3.05, 3.63) is 59.0 Å². The summed E-state index contributed by atoms with van der Waals surface area (Å²) in [6.07, 6.45) is 6.37. The van der Waals surface area contributed by atoms with E-state index in [-0.39, 0.29) is 17.9 Å². The maximum atomic E-state index is 13.6. The second-order valence-corrected chi connectivity index (χ2v) is 11.8. The molecule has 1 aliphatic rings. The number of anilines is 1. The van der Waals surface area contributed by atoms with Crippen LogP contribution in [-0.2, 0) is 10.0 Å². The largest absolute Gasteiger partial charge is 0.481 e. The van der Waals surface area contributed by atoms with Crippen molar-refractivity contribution in [3.8, 4) is 17.4 Å². The molecule has 0 spiro atoms. The number of hydrogen-bond acceptors (Lipinski definition) is 10. The number of nitrogens with one attached hydrogen (secondary N) is 1. The van der Waals surface area contributed by atoms with Crippen LogP contribution in [0.4, 0.5) is 5.95 Å². The molecule has 0 aliphatic heterocycles. The minimum absolute atomic E-state index is 0.0678. The molecule has 1 aliphatic carbocycles. The Kier molecular flexibility index (Phi) is 7.05. The molecule has 14 heteroatoms. The van der Waals surface area contributed by atoms with E-state index in [1.807, 2.05) is 6.92 Å². The van der Waals surface area contributed by atoms with Crippen LogP contribution in [0.15, 0.2) is 41.4 Å². The molecule has 0 saturated heterocycles. The highest BCUT2D eigenvalue weighted by atomic mass is 35.5. The Bertz CT molecular complexity index is 1540. The number of aryl methyl sites for hydroxylation is 1. The summed E-state index contributed by atoms with van der Waals surface area (Å²) >= 11 is 5.90. The normalized spacial score (nSPS) is 16.1. The summed E-state index contributed by atoms with van der Waals surface area (Å²) in [5, 5.41) is 12.2. The highest BCUT2D eigenvalue weighted by molar-refractivity contribution is 7.93. The number of halogens is 1. The smallest absolute Gasteiger partial charge is 0.239 e. The van der Waals surface area contributed by atoms with Gasteiger partial charge in [-0.3, -0.25) is 9.29 Å². The van der Waals surface area contributed by atoms with E-state index in [0.29, 0.717) is 33.9 Å². The maximum Gasteiger partial charge on any atom is 0.239 e. The highest BCUT2D eigenvalue weighted by Gasteiger charge is 2.40. The van der Waals surface area contributed by atoms with Crippen molar-refractivity contribution in [2.75, 3.05) is 11.8 Å². The summed E-state index contributed by atoms with van der Waals surface area (Å²) in [5.74, 6) is 0.912. The molecule has 12 nitrogen and oxygen atoms in total. The van der Waals surface area contributed by atoms with Crippen molar-refractivity contribution < 1.29 is 17.7 Å². The zero-order valence-corrected chi connectivity index (χ0v) is 22.8. The molecular weight excluding hydrogens is 532 g/mol. The van der Waals surface area contributed by atoms with Gasteiger partial charge in [-0.05, 0) is 38.7 Å². The fourth-order valence-electron chi connectivity index (χ4n) is 4.31. The molecule has 1 N–H and O–H groups in total. The zero-order chi connectivity index (χ0) is 27.0. The van der Waals surface area contributed by atoms with Crippen molar-refractivity contribution >= 4 is 27.6 Å². The van der Waals surface area contributed by atoms with Crippen molar-refractivity contribution in [2.45, 2.75) is 50.8 Å². The van der Waals surface area contributed by atoms with Crippen LogP contribution < -0.4 is 9.46 Å². The second kappa shape index (κ2) is 10.3. The number of nitrogens with zero attached hydrogens (tertiary/aromatic N) is 7. The molecule has 0 amide bonds. The molecule has 0 radical (unpaired) electrons. The number of ether oxygens (including phenoxy) is 1. The Balaban J connectivity index is 1.57. The lowest BCUT2D eigenvalue weighted by molar-refractivity contribution is 0.398. The molecule has 3 atom stereocenters. The van der Waals surface area contributed by atoms with E-state index >= 15 is 0 Å². The minimum atomic E-state index is -3.96. The van der Waals surface area contributed by atoms with Gasteiger partial charge in [-0.2, -0.15) is 0 Å². The maximum absolute atomic E-state index is 13.6. The molecule has 4 aromatic heterocycles. The third-order valence-corrected chi connectivity index (χ3v) is 8.83. The average molecular weight is 559 g/mol. The van der Waals surface area contributed by atoms with Gasteiger partial charge in [-0.25, -0.2) is 23.4 Å². The fourth-order valence-corrected chi connectivity index (χ4v) is 5.64. The van der Waals surface area contributed by atoms with Crippen LogP contribution in [0, 0.1) is 12.8 Å². The van der Waals surface area contributed by atoms with Crippen LogP contribution >= 0.6 is 11.6 Å². The lowest BCUT2D eigenvalue weighted by atomic mass is 10.0. The van der Waals surface area contributed by atoms with Gasteiger partial charge in [0.2, 0.25) is 21.9 Å². The summed E-state index contributed by atoms with van der Waals surface area (Å²) in [5.41, 5.74) is 2.02. The SMILES string of the molecule is COc1cccc(-c2nnc(NS(=O)(=O)[C@@H](C)[C@H](C)c3ncc(Cl)cn3)n2[C@H](c2conc2C)C2CC2)n1. The zero-order valence-electron chi connectivity index (χ0n) is 21.2. The lowest BCUT2D eigenvalue weighted by Crippen LogP contribution is -2.32. The van der Waals surface area contributed by atoms with Crippen molar-refractivity contribution in [2.24, 2.45) is 5.92 Å². The molecule has 5 rings (SSSR count). The lowest BCUT2D eigenvalue weighted by Gasteiger charge is -2.23. The first-order valence-electron chi connectivity index (χ1n) is 12.1. The highest BCUT2D eigenvalue weighted by Crippen LogP contribution is 2.47. The molecule has 4 aromatic rings. The van der Waals surface area contributed by atoms with Gasteiger partial charge < -0.3 is 9.26 Å². The van der Waals surface area contributed by atoms with Crippen LogP contribution in [0.3, 0.4) is 0 Å². The van der Waals surface area contributed by atoms with Gasteiger partial charge in [0.05, 0.1) is 29.1 Å². The van der Waals surface area contributed by atoms with Crippen molar-refractivity contribution in [3.63, 3.8) is 0 Å². The number of aromatic nitrogens is 7. The second-order valence-electron chi connectivity index (χ2n) is 9.32. The Labute approximate surface area is 224 Å². The van der Waals surface area contributed by atoms with Crippen molar-refractivity contribution in [1.82, 2.24) is 34.9 Å². The first-order valence-corrected chi connectivity index (χ1v) is 14.0. The fraction of sp³-hybridized carbons (Fsp3) is 0.417. The van der Waals surface area contributed by atoms with Gasteiger partial charge in [0, 0.05) is 29.9 Å². The minimum Gasteiger partial charge on any atom is -0.481 e. The summed E-state index contributed by atoms with van der Waals surface area (Å²) < 4.78 is 42.2. The van der Waals surface area contributed by atoms with Gasteiger partial charge in [-0.15, -0.1) is 10.2 Å². The number of hydrogen-bond donors (Lipinski definition) is 1. The van der Waals surface area contributed by atoms with Crippen LogP contribution in [0.5, 0.6) is 5.88 Å². The van der Waals surface area contributed by atoms with Gasteiger partial charge in [0.1, 0.15) is 17.8 Å². The molecule has 0 unspecified atom stereocenters. The first kappa shape index (κ1) is 26.0.